The molecule has 0 radical (unpaired) electrons. The predicted molar refractivity (Wildman–Crippen MR) is 63.1 cm³/mol. The van der Waals surface area contributed by atoms with E-state index in [0.717, 1.165) is 0 Å². The Balaban J connectivity index is 2.47. The van der Waals surface area contributed by atoms with Gasteiger partial charge in [-0.05, 0) is 18.6 Å². The minimum Gasteiger partial charge on any atom is -0.399 e. The molecule has 1 aromatic carbocycles. The third-order valence-corrected chi connectivity index (χ3v) is 2.01. The molecule has 0 saturated carbocycles. The van der Waals surface area contributed by atoms with Crippen molar-refractivity contribution >= 4 is 17.7 Å². The van der Waals surface area contributed by atoms with Gasteiger partial charge in [0.25, 0.3) is 0 Å². The van der Waals surface area contributed by atoms with Crippen LogP contribution < -0.4 is 11.1 Å². The molecule has 0 atom stereocenters. The number of nitrogens with one attached hydrogen (secondary N) is 1. The van der Waals surface area contributed by atoms with Crippen molar-refractivity contribution in [1.29, 1.82) is 0 Å². The van der Waals surface area contributed by atoms with Gasteiger partial charge in [0, 0.05) is 24.7 Å². The monoisotopic (exact) mass is 222 g/mol. The molecule has 0 heterocycles. The highest BCUT2D eigenvalue weighted by atomic mass is 19.1. The quantitative estimate of drug-likeness (QED) is 0.604. The van der Waals surface area contributed by atoms with E-state index < -0.39 is 0 Å². The van der Waals surface area contributed by atoms with Crippen LogP contribution in [0.1, 0.15) is 18.9 Å². The van der Waals surface area contributed by atoms with Gasteiger partial charge in [0.1, 0.15) is 5.82 Å². The molecule has 86 valence electrons. The average Bonchev–Trinajstić information content (AvgIpc) is 2.20. The standard InChI is InChI=1S/C12H15FN2O/c1-9(16)15-7-3-2-4-10-5-6-11(14)8-12(10)13/h2,4-6,8H,3,7,14H2,1H3,(H,15,16). The summed E-state index contributed by atoms with van der Waals surface area (Å²) < 4.78 is 13.3. The molecule has 0 fully saturated rings. The van der Waals surface area contributed by atoms with Crippen LogP contribution in [0.3, 0.4) is 0 Å². The number of halogens is 1. The van der Waals surface area contributed by atoms with Crippen LogP contribution in [-0.4, -0.2) is 12.5 Å². The molecule has 0 unspecified atom stereocenters. The smallest absolute Gasteiger partial charge is 0.216 e. The van der Waals surface area contributed by atoms with Crippen molar-refractivity contribution in [2.75, 3.05) is 12.3 Å². The van der Waals surface area contributed by atoms with Gasteiger partial charge in [0.2, 0.25) is 5.91 Å². The number of carbonyl (C=O) groups is 1. The van der Waals surface area contributed by atoms with E-state index in [1.807, 2.05) is 6.08 Å². The van der Waals surface area contributed by atoms with E-state index in [2.05, 4.69) is 5.32 Å². The van der Waals surface area contributed by atoms with Crippen molar-refractivity contribution in [3.8, 4) is 0 Å². The van der Waals surface area contributed by atoms with Gasteiger partial charge in [-0.2, -0.15) is 0 Å². The largest absolute Gasteiger partial charge is 0.399 e. The van der Waals surface area contributed by atoms with Crippen LogP contribution in [0, 0.1) is 5.82 Å². The van der Waals surface area contributed by atoms with Gasteiger partial charge >= 0.3 is 0 Å². The van der Waals surface area contributed by atoms with Gasteiger partial charge in [-0.15, -0.1) is 0 Å². The van der Waals surface area contributed by atoms with E-state index in [4.69, 9.17) is 5.73 Å². The summed E-state index contributed by atoms with van der Waals surface area (Å²) in [7, 11) is 0. The van der Waals surface area contributed by atoms with Gasteiger partial charge in [0.15, 0.2) is 0 Å². The number of amides is 1. The number of hydrogen-bond donors (Lipinski definition) is 2. The zero-order chi connectivity index (χ0) is 12.0. The maximum Gasteiger partial charge on any atom is 0.216 e. The molecule has 1 aromatic rings. The number of nitrogen functional groups attached to an aromatic ring is 1. The summed E-state index contributed by atoms with van der Waals surface area (Å²) in [5, 5.41) is 2.65. The Morgan fingerprint density at radius 2 is 2.31 bits per heavy atom. The van der Waals surface area contributed by atoms with Crippen LogP contribution in [0.15, 0.2) is 24.3 Å². The Labute approximate surface area is 94.1 Å². The first-order valence-corrected chi connectivity index (χ1v) is 5.05. The fraction of sp³-hybridized carbons (Fsp3) is 0.250. The average molecular weight is 222 g/mol. The highest BCUT2D eigenvalue weighted by molar-refractivity contribution is 5.72. The summed E-state index contributed by atoms with van der Waals surface area (Å²) in [5.74, 6) is -0.400. The van der Waals surface area contributed by atoms with Crippen molar-refractivity contribution < 1.29 is 9.18 Å². The van der Waals surface area contributed by atoms with Gasteiger partial charge in [-0.1, -0.05) is 18.2 Å². The molecular weight excluding hydrogens is 207 g/mol. The molecule has 0 aliphatic heterocycles. The zero-order valence-corrected chi connectivity index (χ0v) is 9.16. The van der Waals surface area contributed by atoms with Gasteiger partial charge in [-0.3, -0.25) is 4.79 Å². The molecule has 1 rings (SSSR count). The van der Waals surface area contributed by atoms with Crippen molar-refractivity contribution in [3.05, 3.63) is 35.7 Å². The SMILES string of the molecule is CC(=O)NCCC=Cc1ccc(N)cc1F. The molecule has 3 nitrogen and oxygen atoms in total. The van der Waals surface area contributed by atoms with E-state index in [1.165, 1.54) is 13.0 Å². The van der Waals surface area contributed by atoms with Crippen molar-refractivity contribution in [2.24, 2.45) is 0 Å². The first-order valence-electron chi connectivity index (χ1n) is 5.05. The van der Waals surface area contributed by atoms with Crippen LogP contribution in [0.5, 0.6) is 0 Å². The second-order valence-electron chi connectivity index (χ2n) is 3.45. The molecule has 0 saturated heterocycles. The van der Waals surface area contributed by atoms with E-state index in [-0.39, 0.29) is 11.7 Å². The first kappa shape index (κ1) is 12.2. The fourth-order valence-corrected chi connectivity index (χ4v) is 1.22. The van der Waals surface area contributed by atoms with E-state index in [9.17, 15) is 9.18 Å². The molecule has 0 spiro atoms. The summed E-state index contributed by atoms with van der Waals surface area (Å²) in [6, 6.07) is 4.56. The molecule has 0 aliphatic carbocycles. The Bertz CT molecular complexity index is 402. The molecule has 3 N–H and O–H groups in total. The van der Waals surface area contributed by atoms with Crippen LogP contribution in [0.4, 0.5) is 10.1 Å². The van der Waals surface area contributed by atoms with Crippen molar-refractivity contribution in [1.82, 2.24) is 5.32 Å². The fourth-order valence-electron chi connectivity index (χ4n) is 1.22. The lowest BCUT2D eigenvalue weighted by Gasteiger charge is -1.99. The van der Waals surface area contributed by atoms with Crippen molar-refractivity contribution in [2.45, 2.75) is 13.3 Å². The lowest BCUT2D eigenvalue weighted by molar-refractivity contribution is -0.118. The Morgan fingerprint density at radius 1 is 1.56 bits per heavy atom. The van der Waals surface area contributed by atoms with Crippen LogP contribution in [0.25, 0.3) is 6.08 Å². The van der Waals surface area contributed by atoms with E-state index in [0.29, 0.717) is 24.2 Å². The normalized spacial score (nSPS) is 10.6. The second-order valence-corrected chi connectivity index (χ2v) is 3.45. The Hall–Kier alpha value is -1.84. The topological polar surface area (TPSA) is 55.1 Å². The molecular formula is C12H15FN2O. The number of carbonyl (C=O) groups excluding carboxylic acids is 1. The number of rotatable bonds is 4. The third-order valence-electron chi connectivity index (χ3n) is 2.01. The number of nitrogens with two attached hydrogens (primary N) is 1. The van der Waals surface area contributed by atoms with Crippen LogP contribution >= 0.6 is 0 Å². The van der Waals surface area contributed by atoms with Gasteiger partial charge in [-0.25, -0.2) is 4.39 Å². The summed E-state index contributed by atoms with van der Waals surface area (Å²) >= 11 is 0. The van der Waals surface area contributed by atoms with Crippen LogP contribution in [0.2, 0.25) is 0 Å². The lowest BCUT2D eigenvalue weighted by atomic mass is 10.1. The highest BCUT2D eigenvalue weighted by Gasteiger charge is 1.97. The summed E-state index contributed by atoms with van der Waals surface area (Å²) in [4.78, 5) is 10.6. The number of benzene rings is 1. The summed E-state index contributed by atoms with van der Waals surface area (Å²) in [5.41, 5.74) is 6.33. The van der Waals surface area contributed by atoms with Gasteiger partial charge < -0.3 is 11.1 Å². The molecule has 1 amide bonds. The lowest BCUT2D eigenvalue weighted by Crippen LogP contribution is -2.20. The summed E-state index contributed by atoms with van der Waals surface area (Å²) in [6.07, 6.45) is 4.16. The Kier molecular flexibility index (Phi) is 4.51. The van der Waals surface area contributed by atoms with Crippen molar-refractivity contribution in [3.63, 3.8) is 0 Å². The molecule has 0 aliphatic rings. The Morgan fingerprint density at radius 3 is 2.94 bits per heavy atom. The highest BCUT2D eigenvalue weighted by Crippen LogP contribution is 2.13. The first-order chi connectivity index (χ1) is 7.59. The van der Waals surface area contributed by atoms with Gasteiger partial charge in [0.05, 0.1) is 0 Å². The maximum atomic E-state index is 13.3. The van der Waals surface area contributed by atoms with Crippen LogP contribution in [-0.2, 0) is 4.79 Å². The maximum absolute atomic E-state index is 13.3. The van der Waals surface area contributed by atoms with E-state index in [1.54, 1.807) is 18.2 Å². The minimum absolute atomic E-state index is 0.0629. The molecule has 16 heavy (non-hydrogen) atoms. The number of anilines is 1. The zero-order valence-electron chi connectivity index (χ0n) is 9.16. The van der Waals surface area contributed by atoms with E-state index >= 15 is 0 Å². The molecule has 0 bridgehead atoms. The minimum atomic E-state index is -0.337. The number of hydrogen-bond acceptors (Lipinski definition) is 2. The second kappa shape index (κ2) is 5.90. The third kappa shape index (κ3) is 4.13. The molecule has 4 heteroatoms. The summed E-state index contributed by atoms with van der Waals surface area (Å²) in [6.45, 7) is 2.02. The predicted octanol–water partition coefficient (Wildman–Crippen LogP) is 1.95. The molecule has 0 aromatic heterocycles.